The first kappa shape index (κ1) is 23.5. The summed E-state index contributed by atoms with van der Waals surface area (Å²) in [5.74, 6) is -1.27. The van der Waals surface area contributed by atoms with Gasteiger partial charge in [-0.1, -0.05) is 18.2 Å². The van der Waals surface area contributed by atoms with Crippen molar-refractivity contribution in [2.24, 2.45) is 5.73 Å². The first-order valence-corrected chi connectivity index (χ1v) is 9.69. The van der Waals surface area contributed by atoms with Crippen LogP contribution in [0.5, 0.6) is 0 Å². The lowest BCUT2D eigenvalue weighted by molar-refractivity contribution is -0.143. The molecule has 6 N–H and O–H groups in total. The number of ether oxygens (including phenoxy) is 1. The van der Waals surface area contributed by atoms with E-state index in [0.29, 0.717) is 16.8 Å². The van der Waals surface area contributed by atoms with Crippen molar-refractivity contribution in [3.05, 3.63) is 59.9 Å². The summed E-state index contributed by atoms with van der Waals surface area (Å²) in [7, 11) is 0. The molecule has 0 bridgehead atoms. The summed E-state index contributed by atoms with van der Waals surface area (Å²) in [6.07, 6.45) is 3.14. The fraction of sp³-hybridized carbons (Fsp3) is 0.286. The van der Waals surface area contributed by atoms with Gasteiger partial charge in [0.25, 0.3) is 0 Å². The summed E-state index contributed by atoms with van der Waals surface area (Å²) in [6, 6.07) is 9.44. The van der Waals surface area contributed by atoms with Gasteiger partial charge in [-0.15, -0.1) is 0 Å². The van der Waals surface area contributed by atoms with E-state index in [1.54, 1.807) is 55.7 Å². The van der Waals surface area contributed by atoms with Gasteiger partial charge in [0.2, 0.25) is 5.91 Å². The highest BCUT2D eigenvalue weighted by atomic mass is 16.5. The summed E-state index contributed by atoms with van der Waals surface area (Å²) in [5, 5.41) is 15.4. The van der Waals surface area contributed by atoms with E-state index in [1.165, 1.54) is 0 Å². The fourth-order valence-electron chi connectivity index (χ4n) is 2.78. The zero-order chi connectivity index (χ0) is 22.6. The van der Waals surface area contributed by atoms with Crippen molar-refractivity contribution in [3.8, 4) is 0 Å². The van der Waals surface area contributed by atoms with Gasteiger partial charge in [0, 0.05) is 23.6 Å². The number of pyridine rings is 1. The van der Waals surface area contributed by atoms with Crippen LogP contribution in [-0.4, -0.2) is 48.3 Å². The van der Waals surface area contributed by atoms with Crippen molar-refractivity contribution < 1.29 is 19.1 Å². The molecule has 0 aliphatic heterocycles. The normalized spacial score (nSPS) is 11.3. The standard InChI is InChI=1S/C21H26N6O4/c1-2-31-20(30)10-17(15-6-4-8-24-11-15)27-19(29)13-25-12-18(28)14-5-3-7-16(9-14)26-21(22)23/h3-9,11,17,25H,2,10,12-13H2,1H3,(H,27,29)(H4,22,23,26). The molecule has 1 atom stereocenters. The van der Waals surface area contributed by atoms with E-state index in [9.17, 15) is 14.4 Å². The second-order valence-corrected chi connectivity index (χ2v) is 6.56. The number of carbonyl (C=O) groups excluding carboxylic acids is 3. The predicted molar refractivity (Wildman–Crippen MR) is 116 cm³/mol. The van der Waals surface area contributed by atoms with Gasteiger partial charge in [-0.25, -0.2) is 0 Å². The summed E-state index contributed by atoms with van der Waals surface area (Å²) in [5.41, 5.74) is 6.90. The minimum atomic E-state index is -0.591. The number of esters is 1. The van der Waals surface area contributed by atoms with Crippen molar-refractivity contribution in [3.63, 3.8) is 0 Å². The van der Waals surface area contributed by atoms with Crippen molar-refractivity contribution >= 4 is 29.3 Å². The highest BCUT2D eigenvalue weighted by Gasteiger charge is 2.19. The van der Waals surface area contributed by atoms with Gasteiger partial charge in [-0.3, -0.25) is 24.8 Å². The molecule has 0 aliphatic carbocycles. The third kappa shape index (κ3) is 8.23. The van der Waals surface area contributed by atoms with Crippen LogP contribution in [-0.2, 0) is 14.3 Å². The SMILES string of the molecule is CCOC(=O)CC(NC(=O)CNCC(=O)c1cccc(NC(=N)N)c1)c1cccnc1. The Kier molecular flexibility index (Phi) is 9.12. The Hall–Kier alpha value is -3.79. The molecular weight excluding hydrogens is 400 g/mol. The number of nitrogens with one attached hydrogen (secondary N) is 4. The number of nitrogens with zero attached hydrogens (tertiary/aromatic N) is 1. The van der Waals surface area contributed by atoms with Gasteiger partial charge in [0.05, 0.1) is 32.2 Å². The quantitative estimate of drug-likeness (QED) is 0.154. The van der Waals surface area contributed by atoms with Crippen LogP contribution in [0.3, 0.4) is 0 Å². The van der Waals surface area contributed by atoms with Crippen LogP contribution in [0.1, 0.15) is 35.3 Å². The Morgan fingerprint density at radius 2 is 2.00 bits per heavy atom. The monoisotopic (exact) mass is 426 g/mol. The molecule has 0 spiro atoms. The number of nitrogens with two attached hydrogens (primary N) is 1. The Morgan fingerprint density at radius 1 is 1.19 bits per heavy atom. The van der Waals surface area contributed by atoms with E-state index in [-0.39, 0.29) is 43.8 Å². The van der Waals surface area contributed by atoms with E-state index in [2.05, 4.69) is 20.9 Å². The number of Topliss-reactive ketones (excluding diaryl/α,β-unsaturated/α-hetero) is 1. The first-order valence-electron chi connectivity index (χ1n) is 9.69. The molecule has 1 aromatic carbocycles. The maximum Gasteiger partial charge on any atom is 0.308 e. The van der Waals surface area contributed by atoms with Crippen LogP contribution in [0.4, 0.5) is 5.69 Å². The Balaban J connectivity index is 1.89. The van der Waals surface area contributed by atoms with Gasteiger partial charge in [0.15, 0.2) is 11.7 Å². The lowest BCUT2D eigenvalue weighted by Gasteiger charge is -2.18. The number of hydrogen-bond acceptors (Lipinski definition) is 7. The highest BCUT2D eigenvalue weighted by molar-refractivity contribution is 5.99. The number of anilines is 1. The van der Waals surface area contributed by atoms with E-state index in [4.69, 9.17) is 15.9 Å². The molecule has 1 heterocycles. The third-order valence-electron chi connectivity index (χ3n) is 4.13. The minimum Gasteiger partial charge on any atom is -0.466 e. The van der Waals surface area contributed by atoms with Crippen molar-refractivity contribution in [1.82, 2.24) is 15.6 Å². The maximum absolute atomic E-state index is 12.4. The summed E-state index contributed by atoms with van der Waals surface area (Å²) < 4.78 is 4.97. The zero-order valence-corrected chi connectivity index (χ0v) is 17.2. The molecule has 1 aromatic heterocycles. The van der Waals surface area contributed by atoms with Crippen molar-refractivity contribution in [2.45, 2.75) is 19.4 Å². The Morgan fingerprint density at radius 3 is 2.68 bits per heavy atom. The van der Waals surface area contributed by atoms with Crippen molar-refractivity contribution in [2.75, 3.05) is 25.0 Å². The Bertz CT molecular complexity index is 919. The summed E-state index contributed by atoms with van der Waals surface area (Å²) in [6.45, 7) is 1.78. The van der Waals surface area contributed by atoms with Crippen LogP contribution in [0.15, 0.2) is 48.8 Å². The van der Waals surface area contributed by atoms with Crippen molar-refractivity contribution in [1.29, 1.82) is 5.41 Å². The number of aromatic nitrogens is 1. The predicted octanol–water partition coefficient (Wildman–Crippen LogP) is 0.970. The number of benzene rings is 1. The van der Waals surface area contributed by atoms with Gasteiger partial charge >= 0.3 is 5.97 Å². The van der Waals surface area contributed by atoms with Crippen LogP contribution < -0.4 is 21.7 Å². The lowest BCUT2D eigenvalue weighted by Crippen LogP contribution is -2.38. The molecule has 10 heteroatoms. The third-order valence-corrected chi connectivity index (χ3v) is 4.13. The largest absolute Gasteiger partial charge is 0.466 e. The number of ketones is 1. The van der Waals surface area contributed by atoms with E-state index >= 15 is 0 Å². The van der Waals surface area contributed by atoms with E-state index in [1.807, 2.05) is 0 Å². The zero-order valence-electron chi connectivity index (χ0n) is 17.2. The van der Waals surface area contributed by atoms with E-state index in [0.717, 1.165) is 0 Å². The van der Waals surface area contributed by atoms with E-state index < -0.39 is 12.0 Å². The molecule has 0 fully saturated rings. The molecule has 0 radical (unpaired) electrons. The number of amides is 1. The molecule has 31 heavy (non-hydrogen) atoms. The minimum absolute atomic E-state index is 0.0276. The maximum atomic E-state index is 12.4. The fourth-order valence-corrected chi connectivity index (χ4v) is 2.78. The second kappa shape index (κ2) is 12.0. The summed E-state index contributed by atoms with van der Waals surface area (Å²) >= 11 is 0. The molecule has 2 rings (SSSR count). The molecule has 10 nitrogen and oxygen atoms in total. The summed E-state index contributed by atoms with van der Waals surface area (Å²) in [4.78, 5) is 40.6. The second-order valence-electron chi connectivity index (χ2n) is 6.56. The molecule has 2 aromatic rings. The molecule has 0 saturated carbocycles. The van der Waals surface area contributed by atoms with Gasteiger partial charge < -0.3 is 26.4 Å². The van der Waals surface area contributed by atoms with Crippen LogP contribution in [0.25, 0.3) is 0 Å². The number of rotatable bonds is 11. The van der Waals surface area contributed by atoms with Gasteiger partial charge in [0.1, 0.15) is 0 Å². The smallest absolute Gasteiger partial charge is 0.308 e. The molecule has 1 unspecified atom stereocenters. The van der Waals surface area contributed by atoms with Crippen LogP contribution in [0.2, 0.25) is 0 Å². The number of hydrogen-bond donors (Lipinski definition) is 5. The number of carbonyl (C=O) groups is 3. The first-order chi connectivity index (χ1) is 14.9. The molecule has 164 valence electrons. The number of guanidine groups is 1. The van der Waals surface area contributed by atoms with Crippen LogP contribution in [0, 0.1) is 5.41 Å². The average molecular weight is 426 g/mol. The molecule has 0 aliphatic rings. The average Bonchev–Trinajstić information content (AvgIpc) is 2.73. The molecule has 1 amide bonds. The molecular formula is C21H26N6O4. The Labute approximate surface area is 180 Å². The highest BCUT2D eigenvalue weighted by Crippen LogP contribution is 2.16. The van der Waals surface area contributed by atoms with Gasteiger partial charge in [-0.2, -0.15) is 0 Å². The van der Waals surface area contributed by atoms with Gasteiger partial charge in [-0.05, 0) is 30.7 Å². The molecule has 0 saturated heterocycles. The van der Waals surface area contributed by atoms with Crippen LogP contribution >= 0.6 is 0 Å². The lowest BCUT2D eigenvalue weighted by atomic mass is 10.1. The topological polar surface area (TPSA) is 159 Å².